The van der Waals surface area contributed by atoms with Crippen LogP contribution >= 0.6 is 0 Å². The minimum Gasteiger partial charge on any atom is -0.300 e. The van der Waals surface area contributed by atoms with Crippen molar-refractivity contribution in [2.24, 2.45) is 0 Å². The average Bonchev–Trinajstić information content (AvgIpc) is 2.03. The van der Waals surface area contributed by atoms with Crippen molar-refractivity contribution >= 4 is 5.78 Å². The molecule has 78 valence electrons. The Morgan fingerprint density at radius 1 is 1.14 bits per heavy atom. The molecule has 0 saturated heterocycles. The lowest BCUT2D eigenvalue weighted by atomic mass is 9.97. The predicted molar refractivity (Wildman–Crippen MR) is 62.2 cm³/mol. The molecule has 0 spiro atoms. The molecule has 0 N–H and O–H groups in total. The Hall–Kier alpha value is -1.11. The molecule has 0 unspecified atom stereocenters. The summed E-state index contributed by atoms with van der Waals surface area (Å²) in [4.78, 5) is 10.9. The summed E-state index contributed by atoms with van der Waals surface area (Å²) in [6.07, 6.45) is 5.24. The molecule has 0 aliphatic heterocycles. The van der Waals surface area contributed by atoms with Crippen molar-refractivity contribution in [3.8, 4) is 0 Å². The third-order valence-corrected chi connectivity index (χ3v) is 2.17. The van der Waals surface area contributed by atoms with Gasteiger partial charge in [-0.15, -0.1) is 0 Å². The largest absolute Gasteiger partial charge is 0.300 e. The summed E-state index contributed by atoms with van der Waals surface area (Å²) in [5.74, 6) is 0.246. The van der Waals surface area contributed by atoms with Crippen molar-refractivity contribution < 1.29 is 4.79 Å². The van der Waals surface area contributed by atoms with Crippen LogP contribution in [0.4, 0.5) is 0 Å². The highest BCUT2D eigenvalue weighted by atomic mass is 16.1. The van der Waals surface area contributed by atoms with E-state index in [0.29, 0.717) is 6.42 Å². The zero-order valence-corrected chi connectivity index (χ0v) is 9.68. The minimum atomic E-state index is 0.246. The SMILES string of the molecule is C=C/C=C(\C)C(CCC(C)=O)=C(C)C. The highest BCUT2D eigenvalue weighted by molar-refractivity contribution is 5.75. The Morgan fingerprint density at radius 2 is 1.71 bits per heavy atom. The maximum atomic E-state index is 10.9. The smallest absolute Gasteiger partial charge is 0.130 e. The summed E-state index contributed by atoms with van der Waals surface area (Å²) in [5, 5.41) is 0. The number of hydrogen-bond acceptors (Lipinski definition) is 1. The molecule has 0 heterocycles. The lowest BCUT2D eigenvalue weighted by Gasteiger charge is -2.09. The molecule has 1 nitrogen and oxygen atoms in total. The molecule has 14 heavy (non-hydrogen) atoms. The Balaban J connectivity index is 4.64. The van der Waals surface area contributed by atoms with Gasteiger partial charge in [-0.25, -0.2) is 0 Å². The van der Waals surface area contributed by atoms with Gasteiger partial charge in [-0.3, -0.25) is 0 Å². The summed E-state index contributed by atoms with van der Waals surface area (Å²) in [5.41, 5.74) is 3.77. The van der Waals surface area contributed by atoms with E-state index in [2.05, 4.69) is 27.4 Å². The fourth-order valence-electron chi connectivity index (χ4n) is 1.42. The second kappa shape index (κ2) is 6.36. The molecule has 0 aromatic rings. The molecule has 1 heteroatoms. The second-order valence-electron chi connectivity index (χ2n) is 3.77. The summed E-state index contributed by atoms with van der Waals surface area (Å²) in [6.45, 7) is 11.5. The average molecular weight is 192 g/mol. The van der Waals surface area contributed by atoms with Crippen LogP contribution in [0, 0.1) is 0 Å². The van der Waals surface area contributed by atoms with Crippen molar-refractivity contribution in [3.63, 3.8) is 0 Å². The van der Waals surface area contributed by atoms with E-state index in [0.717, 1.165) is 6.42 Å². The van der Waals surface area contributed by atoms with Gasteiger partial charge in [0.15, 0.2) is 0 Å². The summed E-state index contributed by atoms with van der Waals surface area (Å²) < 4.78 is 0. The van der Waals surface area contributed by atoms with Gasteiger partial charge in [0, 0.05) is 6.42 Å². The monoisotopic (exact) mass is 192 g/mol. The molecular formula is C13H20O. The first-order valence-electron chi connectivity index (χ1n) is 4.94. The molecule has 0 bridgehead atoms. The van der Waals surface area contributed by atoms with Gasteiger partial charge in [0.25, 0.3) is 0 Å². The van der Waals surface area contributed by atoms with E-state index in [9.17, 15) is 4.79 Å². The van der Waals surface area contributed by atoms with E-state index < -0.39 is 0 Å². The van der Waals surface area contributed by atoms with Crippen molar-refractivity contribution in [2.45, 2.75) is 40.5 Å². The topological polar surface area (TPSA) is 17.1 Å². The van der Waals surface area contributed by atoms with Crippen LogP contribution in [0.2, 0.25) is 0 Å². The van der Waals surface area contributed by atoms with E-state index in [1.807, 2.05) is 6.08 Å². The molecule has 0 atom stereocenters. The van der Waals surface area contributed by atoms with E-state index in [4.69, 9.17) is 0 Å². The van der Waals surface area contributed by atoms with Gasteiger partial charge >= 0.3 is 0 Å². The van der Waals surface area contributed by atoms with Crippen molar-refractivity contribution in [1.29, 1.82) is 0 Å². The fraction of sp³-hybridized carbons (Fsp3) is 0.462. The minimum absolute atomic E-state index is 0.246. The van der Waals surface area contributed by atoms with Crippen molar-refractivity contribution in [3.05, 3.63) is 35.5 Å². The Labute approximate surface area is 87.2 Å². The van der Waals surface area contributed by atoms with Crippen LogP contribution in [0.15, 0.2) is 35.5 Å². The molecule has 0 saturated carbocycles. The van der Waals surface area contributed by atoms with Crippen LogP contribution in [0.1, 0.15) is 40.5 Å². The highest BCUT2D eigenvalue weighted by Crippen LogP contribution is 2.20. The normalized spacial score (nSPS) is 11.0. The van der Waals surface area contributed by atoms with Crippen molar-refractivity contribution in [2.75, 3.05) is 0 Å². The maximum Gasteiger partial charge on any atom is 0.130 e. The van der Waals surface area contributed by atoms with Gasteiger partial charge in [0.1, 0.15) is 5.78 Å². The molecule has 0 rings (SSSR count). The van der Waals surface area contributed by atoms with Crippen molar-refractivity contribution in [1.82, 2.24) is 0 Å². The van der Waals surface area contributed by atoms with Crippen LogP contribution in [-0.4, -0.2) is 5.78 Å². The molecular weight excluding hydrogens is 172 g/mol. The number of carbonyl (C=O) groups is 1. The molecule has 0 amide bonds. The lowest BCUT2D eigenvalue weighted by molar-refractivity contribution is -0.116. The third-order valence-electron chi connectivity index (χ3n) is 2.17. The number of carbonyl (C=O) groups excluding carboxylic acids is 1. The van der Waals surface area contributed by atoms with E-state index >= 15 is 0 Å². The van der Waals surface area contributed by atoms with E-state index in [1.54, 1.807) is 13.0 Å². The molecule has 0 radical (unpaired) electrons. The van der Waals surface area contributed by atoms with Gasteiger partial charge in [0.05, 0.1) is 0 Å². The molecule has 0 aromatic carbocycles. The summed E-state index contributed by atoms with van der Waals surface area (Å²) in [7, 11) is 0. The Bertz CT molecular complexity index is 276. The van der Waals surface area contributed by atoms with Gasteiger partial charge in [-0.05, 0) is 45.3 Å². The molecule has 0 aliphatic rings. The molecule has 0 aromatic heterocycles. The number of hydrogen-bond donors (Lipinski definition) is 0. The van der Waals surface area contributed by atoms with Crippen LogP contribution in [0.5, 0.6) is 0 Å². The predicted octanol–water partition coefficient (Wildman–Crippen LogP) is 3.82. The number of rotatable bonds is 5. The maximum absolute atomic E-state index is 10.9. The van der Waals surface area contributed by atoms with E-state index in [-0.39, 0.29) is 5.78 Å². The van der Waals surface area contributed by atoms with Gasteiger partial charge in [-0.1, -0.05) is 24.3 Å². The molecule has 0 fully saturated rings. The zero-order valence-electron chi connectivity index (χ0n) is 9.68. The lowest BCUT2D eigenvalue weighted by Crippen LogP contribution is -1.95. The first-order valence-corrected chi connectivity index (χ1v) is 4.94. The summed E-state index contributed by atoms with van der Waals surface area (Å²) in [6, 6.07) is 0. The fourth-order valence-corrected chi connectivity index (χ4v) is 1.42. The van der Waals surface area contributed by atoms with Gasteiger partial charge < -0.3 is 4.79 Å². The third kappa shape index (κ3) is 4.80. The Kier molecular flexibility index (Phi) is 5.86. The van der Waals surface area contributed by atoms with Gasteiger partial charge in [0.2, 0.25) is 0 Å². The van der Waals surface area contributed by atoms with E-state index in [1.165, 1.54) is 16.7 Å². The quantitative estimate of drug-likeness (QED) is 0.605. The van der Waals surface area contributed by atoms with Crippen LogP contribution in [0.3, 0.4) is 0 Å². The summed E-state index contributed by atoms with van der Waals surface area (Å²) >= 11 is 0. The Morgan fingerprint density at radius 3 is 2.07 bits per heavy atom. The first-order chi connectivity index (χ1) is 6.49. The second-order valence-corrected chi connectivity index (χ2v) is 3.77. The van der Waals surface area contributed by atoms with Crippen LogP contribution < -0.4 is 0 Å². The highest BCUT2D eigenvalue weighted by Gasteiger charge is 2.03. The van der Waals surface area contributed by atoms with Crippen LogP contribution in [0.25, 0.3) is 0 Å². The zero-order chi connectivity index (χ0) is 11.1. The number of ketones is 1. The first kappa shape index (κ1) is 12.9. The number of Topliss-reactive ketones (excluding diaryl/α,β-unsaturated/α-hetero) is 1. The number of allylic oxidation sites excluding steroid dienone is 5. The van der Waals surface area contributed by atoms with Gasteiger partial charge in [-0.2, -0.15) is 0 Å². The van der Waals surface area contributed by atoms with Crippen LogP contribution in [-0.2, 0) is 4.79 Å². The standard InChI is InChI=1S/C13H20O/c1-6-7-11(4)13(10(2)3)9-8-12(5)14/h6-7H,1,8-9H2,2-5H3/b11-7+. The molecule has 0 aliphatic carbocycles.